The fourth-order valence-electron chi connectivity index (χ4n) is 1.25. The van der Waals surface area contributed by atoms with Gasteiger partial charge < -0.3 is 15.2 Å². The van der Waals surface area contributed by atoms with Crippen LogP contribution in [0.15, 0.2) is 0 Å². The van der Waals surface area contributed by atoms with E-state index in [1.54, 1.807) is 20.8 Å². The number of alkyl halides is 1. The standard InChI is InChI=1S/C11H22ClNO3/c1-7(2)9(8(14)6-12)13-10(15)16-11(3,4)5/h7-9,14H,6H2,1-5H3,(H,13,15)/t8?,9-/m1/s1. The number of alkyl carbamates (subject to hydrolysis) is 1. The van der Waals surface area contributed by atoms with Crippen LogP contribution in [0.2, 0.25) is 0 Å². The Balaban J connectivity index is 4.36. The molecule has 0 spiro atoms. The van der Waals surface area contributed by atoms with E-state index in [0.717, 1.165) is 0 Å². The summed E-state index contributed by atoms with van der Waals surface area (Å²) >= 11 is 5.57. The molecule has 5 heteroatoms. The zero-order chi connectivity index (χ0) is 12.9. The second-order valence-corrected chi connectivity index (χ2v) is 5.45. The van der Waals surface area contributed by atoms with Crippen LogP contribution in [0.4, 0.5) is 4.79 Å². The Bertz CT molecular complexity index is 226. The molecule has 2 atom stereocenters. The maximum Gasteiger partial charge on any atom is 0.407 e. The molecule has 1 amide bonds. The van der Waals surface area contributed by atoms with Gasteiger partial charge in [0.25, 0.3) is 0 Å². The number of aliphatic hydroxyl groups excluding tert-OH is 1. The highest BCUT2D eigenvalue weighted by Gasteiger charge is 2.26. The molecule has 0 fully saturated rings. The Kier molecular flexibility index (Phi) is 6.11. The van der Waals surface area contributed by atoms with Gasteiger partial charge in [0.05, 0.1) is 18.0 Å². The van der Waals surface area contributed by atoms with Crippen LogP contribution in [0, 0.1) is 5.92 Å². The highest BCUT2D eigenvalue weighted by molar-refractivity contribution is 6.18. The summed E-state index contributed by atoms with van der Waals surface area (Å²) in [4.78, 5) is 11.5. The van der Waals surface area contributed by atoms with Gasteiger partial charge in [0.1, 0.15) is 5.60 Å². The number of hydrogen-bond acceptors (Lipinski definition) is 3. The van der Waals surface area contributed by atoms with Gasteiger partial charge in [-0.15, -0.1) is 11.6 Å². The fraction of sp³-hybridized carbons (Fsp3) is 0.909. The fourth-order valence-corrected chi connectivity index (χ4v) is 1.44. The first-order valence-electron chi connectivity index (χ1n) is 5.41. The molecule has 2 N–H and O–H groups in total. The molecule has 16 heavy (non-hydrogen) atoms. The molecular formula is C11H22ClNO3. The van der Waals surface area contributed by atoms with E-state index in [9.17, 15) is 9.90 Å². The summed E-state index contributed by atoms with van der Waals surface area (Å²) in [6.45, 7) is 9.16. The Hall–Kier alpha value is -0.480. The van der Waals surface area contributed by atoms with Crippen molar-refractivity contribution in [3.63, 3.8) is 0 Å². The van der Waals surface area contributed by atoms with Crippen molar-refractivity contribution in [3.05, 3.63) is 0 Å². The molecule has 0 heterocycles. The molecule has 0 saturated carbocycles. The summed E-state index contributed by atoms with van der Waals surface area (Å²) in [5.74, 6) is 0.166. The number of amides is 1. The van der Waals surface area contributed by atoms with Crippen molar-refractivity contribution >= 4 is 17.7 Å². The Morgan fingerprint density at radius 3 is 2.25 bits per heavy atom. The van der Waals surface area contributed by atoms with E-state index >= 15 is 0 Å². The van der Waals surface area contributed by atoms with Crippen LogP contribution < -0.4 is 5.32 Å². The summed E-state index contributed by atoms with van der Waals surface area (Å²) in [7, 11) is 0. The molecule has 96 valence electrons. The van der Waals surface area contributed by atoms with Crippen molar-refractivity contribution in [3.8, 4) is 0 Å². The first-order chi connectivity index (χ1) is 7.17. The Morgan fingerprint density at radius 2 is 1.94 bits per heavy atom. The van der Waals surface area contributed by atoms with Gasteiger partial charge in [0, 0.05) is 0 Å². The molecule has 1 unspecified atom stereocenters. The smallest absolute Gasteiger partial charge is 0.407 e. The zero-order valence-corrected chi connectivity index (χ0v) is 11.3. The largest absolute Gasteiger partial charge is 0.444 e. The number of carbonyl (C=O) groups is 1. The van der Waals surface area contributed by atoms with Crippen molar-refractivity contribution in [1.82, 2.24) is 5.32 Å². The van der Waals surface area contributed by atoms with Crippen molar-refractivity contribution in [1.29, 1.82) is 0 Å². The Labute approximate surface area is 102 Å². The molecule has 0 aliphatic heterocycles. The molecule has 0 radical (unpaired) electrons. The third kappa shape index (κ3) is 6.18. The minimum Gasteiger partial charge on any atom is -0.444 e. The number of aliphatic hydroxyl groups is 1. The van der Waals surface area contributed by atoms with E-state index in [-0.39, 0.29) is 11.8 Å². The second kappa shape index (κ2) is 6.30. The molecule has 0 aromatic rings. The van der Waals surface area contributed by atoms with Crippen molar-refractivity contribution in [2.45, 2.75) is 52.4 Å². The summed E-state index contributed by atoms with van der Waals surface area (Å²) in [6, 6.07) is -0.396. The molecule has 0 aromatic carbocycles. The van der Waals surface area contributed by atoms with Gasteiger partial charge in [-0.25, -0.2) is 4.79 Å². The molecule has 0 aromatic heterocycles. The average Bonchev–Trinajstić information content (AvgIpc) is 2.09. The van der Waals surface area contributed by atoms with E-state index in [2.05, 4.69) is 5.32 Å². The van der Waals surface area contributed by atoms with E-state index in [1.807, 2.05) is 13.8 Å². The van der Waals surface area contributed by atoms with E-state index in [0.29, 0.717) is 0 Å². The third-order valence-corrected chi connectivity index (χ3v) is 2.29. The van der Waals surface area contributed by atoms with Crippen LogP contribution in [0.25, 0.3) is 0 Å². The Morgan fingerprint density at radius 1 is 1.44 bits per heavy atom. The van der Waals surface area contributed by atoms with Gasteiger partial charge in [-0.05, 0) is 26.7 Å². The predicted octanol–water partition coefficient (Wildman–Crippen LogP) is 2.14. The van der Waals surface area contributed by atoms with Crippen molar-refractivity contribution < 1.29 is 14.6 Å². The molecule has 0 saturated heterocycles. The zero-order valence-electron chi connectivity index (χ0n) is 10.6. The van der Waals surface area contributed by atoms with Crippen molar-refractivity contribution in [2.75, 3.05) is 5.88 Å². The van der Waals surface area contributed by atoms with Crippen molar-refractivity contribution in [2.24, 2.45) is 5.92 Å². The lowest BCUT2D eigenvalue weighted by Crippen LogP contribution is -2.49. The number of carbonyl (C=O) groups excluding carboxylic acids is 1. The minimum absolute atomic E-state index is 0.0820. The lowest BCUT2D eigenvalue weighted by Gasteiger charge is -2.28. The predicted molar refractivity (Wildman–Crippen MR) is 64.7 cm³/mol. The van der Waals surface area contributed by atoms with Crippen LogP contribution in [-0.2, 0) is 4.74 Å². The SMILES string of the molecule is CC(C)[C@@H](NC(=O)OC(C)(C)C)C(O)CCl. The van der Waals surface area contributed by atoms with Crippen LogP contribution in [0.5, 0.6) is 0 Å². The first kappa shape index (κ1) is 15.5. The van der Waals surface area contributed by atoms with Crippen LogP contribution in [-0.4, -0.2) is 34.8 Å². The molecule has 0 rings (SSSR count). The maximum absolute atomic E-state index is 11.5. The summed E-state index contributed by atoms with van der Waals surface area (Å²) in [6.07, 6.45) is -1.30. The third-order valence-electron chi connectivity index (χ3n) is 1.97. The number of halogens is 1. The van der Waals surface area contributed by atoms with E-state index in [1.165, 1.54) is 0 Å². The minimum atomic E-state index is -0.769. The number of rotatable bonds is 4. The molecule has 0 aliphatic rings. The molecule has 0 aliphatic carbocycles. The quantitative estimate of drug-likeness (QED) is 0.753. The highest BCUT2D eigenvalue weighted by atomic mass is 35.5. The molecular weight excluding hydrogens is 230 g/mol. The number of ether oxygens (including phenoxy) is 1. The van der Waals surface area contributed by atoms with Gasteiger partial charge in [-0.1, -0.05) is 13.8 Å². The molecule has 0 bridgehead atoms. The second-order valence-electron chi connectivity index (χ2n) is 5.14. The van der Waals surface area contributed by atoms with Gasteiger partial charge in [0.2, 0.25) is 0 Å². The van der Waals surface area contributed by atoms with Crippen LogP contribution >= 0.6 is 11.6 Å². The normalized spacial score (nSPS) is 15.8. The lowest BCUT2D eigenvalue weighted by atomic mass is 10.00. The van der Waals surface area contributed by atoms with Gasteiger partial charge in [-0.3, -0.25) is 0 Å². The summed E-state index contributed by atoms with van der Waals surface area (Å²) in [5.41, 5.74) is -0.544. The van der Waals surface area contributed by atoms with Gasteiger partial charge >= 0.3 is 6.09 Å². The van der Waals surface area contributed by atoms with E-state index < -0.39 is 23.8 Å². The average molecular weight is 252 g/mol. The topological polar surface area (TPSA) is 58.6 Å². The van der Waals surface area contributed by atoms with Crippen LogP contribution in [0.1, 0.15) is 34.6 Å². The number of nitrogens with one attached hydrogen (secondary N) is 1. The molecule has 4 nitrogen and oxygen atoms in total. The summed E-state index contributed by atoms with van der Waals surface area (Å²) < 4.78 is 5.11. The van der Waals surface area contributed by atoms with E-state index in [4.69, 9.17) is 16.3 Å². The van der Waals surface area contributed by atoms with Gasteiger partial charge in [-0.2, -0.15) is 0 Å². The summed E-state index contributed by atoms with van der Waals surface area (Å²) in [5, 5.41) is 12.3. The van der Waals surface area contributed by atoms with Crippen LogP contribution in [0.3, 0.4) is 0 Å². The monoisotopic (exact) mass is 251 g/mol. The highest BCUT2D eigenvalue weighted by Crippen LogP contribution is 2.11. The number of hydrogen-bond donors (Lipinski definition) is 2. The van der Waals surface area contributed by atoms with Gasteiger partial charge in [0.15, 0.2) is 0 Å². The maximum atomic E-state index is 11.5. The lowest BCUT2D eigenvalue weighted by molar-refractivity contribution is 0.0402. The first-order valence-corrected chi connectivity index (χ1v) is 5.94.